The van der Waals surface area contributed by atoms with Crippen LogP contribution in [0.2, 0.25) is 15.1 Å². The van der Waals surface area contributed by atoms with E-state index in [9.17, 15) is 18.0 Å². The monoisotopic (exact) mass is 587 g/mol. The molecule has 2 aromatic carbocycles. The lowest BCUT2D eigenvalue weighted by molar-refractivity contribution is -0.139. The summed E-state index contributed by atoms with van der Waals surface area (Å²) in [6, 6.07) is 9.42. The van der Waals surface area contributed by atoms with Gasteiger partial charge in [0.1, 0.15) is 12.6 Å². The number of anilines is 1. The van der Waals surface area contributed by atoms with Crippen molar-refractivity contribution >= 4 is 62.3 Å². The molecule has 1 fully saturated rings. The Bertz CT molecular complexity index is 1250. The van der Waals surface area contributed by atoms with Crippen LogP contribution in [0.1, 0.15) is 50.2 Å². The minimum atomic E-state index is -3.95. The number of amides is 2. The minimum absolute atomic E-state index is 0.0289. The Hall–Kier alpha value is -2.00. The first-order chi connectivity index (χ1) is 17.4. The Balaban J connectivity index is 1.93. The number of carbonyl (C=O) groups excluding carboxylic acids is 2. The van der Waals surface area contributed by atoms with Crippen molar-refractivity contribution in [2.24, 2.45) is 0 Å². The number of benzene rings is 2. The highest BCUT2D eigenvalue weighted by Gasteiger charge is 2.32. The summed E-state index contributed by atoms with van der Waals surface area (Å²) in [5, 5.41) is 3.36. The van der Waals surface area contributed by atoms with E-state index in [1.54, 1.807) is 6.92 Å². The van der Waals surface area contributed by atoms with Gasteiger partial charge in [-0.1, -0.05) is 78.3 Å². The number of hydrogen-bond acceptors (Lipinski definition) is 4. The molecule has 11 heteroatoms. The first-order valence-corrected chi connectivity index (χ1v) is 15.1. The highest BCUT2D eigenvalue weighted by Crippen LogP contribution is 2.35. The zero-order valence-corrected chi connectivity index (χ0v) is 24.2. The number of aryl methyl sites for hydroxylation is 1. The van der Waals surface area contributed by atoms with E-state index in [-0.39, 0.29) is 39.2 Å². The van der Waals surface area contributed by atoms with E-state index in [0.29, 0.717) is 0 Å². The second kappa shape index (κ2) is 12.7. The molecule has 202 valence electrons. The molecular weight excluding hydrogens is 557 g/mol. The van der Waals surface area contributed by atoms with Crippen molar-refractivity contribution in [1.82, 2.24) is 10.2 Å². The van der Waals surface area contributed by atoms with Gasteiger partial charge in [-0.3, -0.25) is 13.9 Å². The number of halogens is 3. The van der Waals surface area contributed by atoms with Crippen LogP contribution in [0.25, 0.3) is 0 Å². The summed E-state index contributed by atoms with van der Waals surface area (Å²) < 4.78 is 26.4. The van der Waals surface area contributed by atoms with Gasteiger partial charge in [-0.15, -0.1) is 0 Å². The van der Waals surface area contributed by atoms with E-state index in [0.717, 1.165) is 53.8 Å². The molecule has 3 rings (SSSR count). The summed E-state index contributed by atoms with van der Waals surface area (Å²) in [4.78, 5) is 28.4. The van der Waals surface area contributed by atoms with Gasteiger partial charge in [0, 0.05) is 12.6 Å². The standard InChI is InChI=1S/C26H32Cl3N3O4S/c1-17-9-7-8-10-19(17)15-31(18(2)26(34)30-20-11-5-4-6-12-20)25(33)16-32(37(3,35)36)24-14-22(28)21(27)13-23(24)29/h7-10,13-14,18,20H,4-6,11-12,15-16H2,1-3H3,(H,30,34)/t18-/m1/s1. The number of sulfonamides is 1. The van der Waals surface area contributed by atoms with Gasteiger partial charge in [-0.2, -0.15) is 0 Å². The van der Waals surface area contributed by atoms with Crippen LogP contribution in [0.4, 0.5) is 5.69 Å². The summed E-state index contributed by atoms with van der Waals surface area (Å²) in [5.41, 5.74) is 1.83. The number of nitrogens with zero attached hydrogens (tertiary/aromatic N) is 2. The predicted octanol–water partition coefficient (Wildman–Crippen LogP) is 5.59. The topological polar surface area (TPSA) is 86.8 Å². The molecule has 0 unspecified atom stereocenters. The van der Waals surface area contributed by atoms with E-state index in [2.05, 4.69) is 5.32 Å². The van der Waals surface area contributed by atoms with Gasteiger partial charge in [-0.05, 0) is 49.9 Å². The molecule has 0 bridgehead atoms. The van der Waals surface area contributed by atoms with Crippen molar-refractivity contribution < 1.29 is 18.0 Å². The first-order valence-electron chi connectivity index (χ1n) is 12.1. The van der Waals surface area contributed by atoms with Crippen molar-refractivity contribution in [1.29, 1.82) is 0 Å². The third-order valence-corrected chi connectivity index (χ3v) is 8.81. The molecule has 1 atom stereocenters. The van der Waals surface area contributed by atoms with Crippen LogP contribution in [0.3, 0.4) is 0 Å². The molecule has 0 heterocycles. The average molecular weight is 589 g/mol. The lowest BCUT2D eigenvalue weighted by atomic mass is 9.95. The normalized spacial score (nSPS) is 15.2. The van der Waals surface area contributed by atoms with Crippen molar-refractivity contribution in [3.63, 3.8) is 0 Å². The SMILES string of the molecule is Cc1ccccc1CN(C(=O)CN(c1cc(Cl)c(Cl)cc1Cl)S(C)(=O)=O)[C@H](C)C(=O)NC1CCCCC1. The van der Waals surface area contributed by atoms with Crippen LogP contribution in [-0.2, 0) is 26.2 Å². The maximum atomic E-state index is 13.7. The average Bonchev–Trinajstić information content (AvgIpc) is 2.84. The molecule has 2 amide bonds. The van der Waals surface area contributed by atoms with E-state index in [1.165, 1.54) is 17.0 Å². The van der Waals surface area contributed by atoms with Crippen LogP contribution in [0, 0.1) is 6.92 Å². The van der Waals surface area contributed by atoms with Crippen molar-refractivity contribution in [2.75, 3.05) is 17.1 Å². The lowest BCUT2D eigenvalue weighted by Gasteiger charge is -2.33. The number of hydrogen-bond donors (Lipinski definition) is 1. The minimum Gasteiger partial charge on any atom is -0.352 e. The van der Waals surface area contributed by atoms with Crippen molar-refractivity contribution in [3.8, 4) is 0 Å². The summed E-state index contributed by atoms with van der Waals surface area (Å²) in [5.74, 6) is -0.825. The van der Waals surface area contributed by atoms with Gasteiger partial charge in [0.15, 0.2) is 0 Å². The molecule has 0 radical (unpaired) electrons. The van der Waals surface area contributed by atoms with E-state index < -0.39 is 28.5 Å². The van der Waals surface area contributed by atoms with Gasteiger partial charge in [0.25, 0.3) is 0 Å². The molecule has 1 N–H and O–H groups in total. The van der Waals surface area contributed by atoms with Crippen LogP contribution in [0.5, 0.6) is 0 Å². The van der Waals surface area contributed by atoms with E-state index in [1.807, 2.05) is 31.2 Å². The third kappa shape index (κ3) is 7.76. The van der Waals surface area contributed by atoms with Gasteiger partial charge in [0.05, 0.1) is 27.0 Å². The number of nitrogens with one attached hydrogen (secondary N) is 1. The summed E-state index contributed by atoms with van der Waals surface area (Å²) in [7, 11) is -3.95. The maximum absolute atomic E-state index is 13.7. The Morgan fingerprint density at radius 3 is 2.27 bits per heavy atom. The highest BCUT2D eigenvalue weighted by molar-refractivity contribution is 7.92. The van der Waals surface area contributed by atoms with Crippen LogP contribution < -0.4 is 9.62 Å². The van der Waals surface area contributed by atoms with Crippen LogP contribution in [0.15, 0.2) is 36.4 Å². The van der Waals surface area contributed by atoms with E-state index in [4.69, 9.17) is 34.8 Å². The quantitative estimate of drug-likeness (QED) is 0.387. The predicted molar refractivity (Wildman–Crippen MR) is 150 cm³/mol. The van der Waals surface area contributed by atoms with Crippen LogP contribution >= 0.6 is 34.8 Å². The second-order valence-corrected chi connectivity index (χ2v) is 12.6. The largest absolute Gasteiger partial charge is 0.352 e. The molecule has 1 aliphatic carbocycles. The third-order valence-electron chi connectivity index (χ3n) is 6.66. The molecular formula is C26H32Cl3N3O4S. The van der Waals surface area contributed by atoms with Gasteiger partial charge in [-0.25, -0.2) is 8.42 Å². The molecule has 0 aromatic heterocycles. The number of carbonyl (C=O) groups is 2. The zero-order chi connectivity index (χ0) is 27.3. The molecule has 2 aromatic rings. The zero-order valence-electron chi connectivity index (χ0n) is 21.1. The Morgan fingerprint density at radius 2 is 1.65 bits per heavy atom. The molecule has 1 saturated carbocycles. The first kappa shape index (κ1) is 29.6. The van der Waals surface area contributed by atoms with Gasteiger partial charge in [0.2, 0.25) is 21.8 Å². The Kier molecular flexibility index (Phi) is 10.1. The lowest BCUT2D eigenvalue weighted by Crippen LogP contribution is -2.53. The summed E-state index contributed by atoms with van der Waals surface area (Å²) >= 11 is 18.4. The molecule has 37 heavy (non-hydrogen) atoms. The maximum Gasteiger partial charge on any atom is 0.244 e. The highest BCUT2D eigenvalue weighted by atomic mass is 35.5. The molecule has 0 spiro atoms. The van der Waals surface area contributed by atoms with Gasteiger partial charge < -0.3 is 10.2 Å². The molecule has 0 saturated heterocycles. The van der Waals surface area contributed by atoms with Crippen molar-refractivity contribution in [3.05, 3.63) is 62.6 Å². The fourth-order valence-corrected chi connectivity index (χ4v) is 5.97. The summed E-state index contributed by atoms with van der Waals surface area (Å²) in [6.07, 6.45) is 6.05. The summed E-state index contributed by atoms with van der Waals surface area (Å²) in [6.45, 7) is 3.15. The van der Waals surface area contributed by atoms with Crippen LogP contribution in [-0.4, -0.2) is 50.0 Å². The number of rotatable bonds is 9. The van der Waals surface area contributed by atoms with Gasteiger partial charge >= 0.3 is 0 Å². The second-order valence-electron chi connectivity index (χ2n) is 9.45. The smallest absolute Gasteiger partial charge is 0.244 e. The van der Waals surface area contributed by atoms with Crippen molar-refractivity contribution in [2.45, 2.75) is 64.6 Å². The van der Waals surface area contributed by atoms with E-state index >= 15 is 0 Å². The Morgan fingerprint density at radius 1 is 1.03 bits per heavy atom. The molecule has 1 aliphatic rings. The fourth-order valence-electron chi connectivity index (χ4n) is 4.42. The molecule has 7 nitrogen and oxygen atoms in total. The Labute approximate surface area is 234 Å². The molecule has 0 aliphatic heterocycles. The fraction of sp³-hybridized carbons (Fsp3) is 0.462.